The molecule has 2 bridgehead atoms. The quantitative estimate of drug-likeness (QED) is 0.832. The first-order valence-corrected chi connectivity index (χ1v) is 8.35. The second kappa shape index (κ2) is 6.11. The molecule has 2 aliphatic rings. The van der Waals surface area contributed by atoms with Crippen LogP contribution in [0.25, 0.3) is 0 Å². The van der Waals surface area contributed by atoms with Crippen LogP contribution in [0.4, 0.5) is 4.79 Å². The van der Waals surface area contributed by atoms with E-state index in [0.717, 1.165) is 25.9 Å². The average Bonchev–Trinajstić information content (AvgIpc) is 2.81. The predicted octanol–water partition coefficient (Wildman–Crippen LogP) is 2.35. The minimum Gasteiger partial charge on any atom is -0.444 e. The minimum absolute atomic E-state index is 0.180. The lowest BCUT2D eigenvalue weighted by Gasteiger charge is -2.49. The molecule has 3 rings (SSSR count). The molecule has 128 valence electrons. The normalized spacial score (nSPS) is 25.5. The summed E-state index contributed by atoms with van der Waals surface area (Å²) in [4.78, 5) is 21.1. The van der Waals surface area contributed by atoms with Crippen molar-refractivity contribution in [1.29, 1.82) is 0 Å². The first kappa shape index (κ1) is 16.2. The van der Waals surface area contributed by atoms with Gasteiger partial charge in [-0.1, -0.05) is 5.16 Å². The zero-order chi connectivity index (χ0) is 16.6. The molecule has 7 heteroatoms. The molecule has 0 aromatic carbocycles. The average molecular weight is 322 g/mol. The number of piperidine rings is 1. The Morgan fingerprint density at radius 1 is 1.30 bits per heavy atom. The van der Waals surface area contributed by atoms with Crippen molar-refractivity contribution in [3.63, 3.8) is 0 Å². The summed E-state index contributed by atoms with van der Waals surface area (Å²) in [5.41, 5.74) is -0.455. The number of aryl methyl sites for hydroxylation is 1. The summed E-state index contributed by atoms with van der Waals surface area (Å²) in [6, 6.07) is 0.419. The molecular weight excluding hydrogens is 296 g/mol. The number of hydrogen-bond donors (Lipinski definition) is 0. The van der Waals surface area contributed by atoms with Gasteiger partial charge in [0.1, 0.15) is 5.60 Å². The number of carbonyl (C=O) groups excluding carboxylic acids is 1. The van der Waals surface area contributed by atoms with Crippen molar-refractivity contribution in [1.82, 2.24) is 19.9 Å². The number of amides is 1. The molecular formula is C16H26N4O3. The number of ether oxygens (including phenoxy) is 1. The van der Waals surface area contributed by atoms with Crippen LogP contribution in [0.1, 0.15) is 51.7 Å². The Bertz CT molecular complexity index is 552. The highest BCUT2D eigenvalue weighted by molar-refractivity contribution is 5.69. The number of aromatic nitrogens is 2. The third-order valence-electron chi connectivity index (χ3n) is 4.33. The number of hydrogen-bond acceptors (Lipinski definition) is 6. The predicted molar refractivity (Wildman–Crippen MR) is 83.8 cm³/mol. The van der Waals surface area contributed by atoms with Crippen molar-refractivity contribution in [2.24, 2.45) is 0 Å². The van der Waals surface area contributed by atoms with E-state index in [1.165, 1.54) is 6.42 Å². The van der Waals surface area contributed by atoms with Gasteiger partial charge in [0.2, 0.25) is 5.89 Å². The molecule has 0 radical (unpaired) electrons. The largest absolute Gasteiger partial charge is 0.444 e. The molecule has 0 aliphatic carbocycles. The van der Waals surface area contributed by atoms with Crippen molar-refractivity contribution in [3.05, 3.63) is 11.7 Å². The van der Waals surface area contributed by atoms with Crippen molar-refractivity contribution in [2.75, 3.05) is 13.1 Å². The first-order valence-electron chi connectivity index (χ1n) is 8.35. The van der Waals surface area contributed by atoms with E-state index in [0.29, 0.717) is 18.3 Å². The summed E-state index contributed by atoms with van der Waals surface area (Å²) in [5, 5.41) is 3.84. The zero-order valence-electron chi connectivity index (χ0n) is 14.4. The van der Waals surface area contributed by atoms with Crippen molar-refractivity contribution < 1.29 is 14.1 Å². The van der Waals surface area contributed by atoms with E-state index in [4.69, 9.17) is 9.26 Å². The fraction of sp³-hybridized carbons (Fsp3) is 0.812. The zero-order valence-corrected chi connectivity index (χ0v) is 14.4. The van der Waals surface area contributed by atoms with E-state index in [-0.39, 0.29) is 18.2 Å². The molecule has 2 saturated heterocycles. The van der Waals surface area contributed by atoms with Gasteiger partial charge in [0, 0.05) is 25.2 Å². The molecule has 1 aromatic rings. The maximum Gasteiger partial charge on any atom is 0.410 e. The second-order valence-electron chi connectivity index (χ2n) is 7.56. The van der Waals surface area contributed by atoms with Crippen LogP contribution in [0.15, 0.2) is 4.52 Å². The smallest absolute Gasteiger partial charge is 0.410 e. The van der Waals surface area contributed by atoms with Crippen LogP contribution in [-0.4, -0.2) is 56.8 Å². The van der Waals surface area contributed by atoms with Gasteiger partial charge < -0.3 is 9.26 Å². The Hall–Kier alpha value is -1.63. The Morgan fingerprint density at radius 2 is 1.96 bits per heavy atom. The van der Waals surface area contributed by atoms with E-state index in [9.17, 15) is 4.79 Å². The summed E-state index contributed by atoms with van der Waals surface area (Å²) in [6.07, 6.45) is 3.03. The third-order valence-corrected chi connectivity index (χ3v) is 4.33. The fourth-order valence-electron chi connectivity index (χ4n) is 3.53. The number of likely N-dealkylation sites (tertiary alicyclic amines) is 1. The monoisotopic (exact) mass is 322 g/mol. The van der Waals surface area contributed by atoms with E-state index in [1.54, 1.807) is 0 Å². The highest BCUT2D eigenvalue weighted by Crippen LogP contribution is 2.30. The molecule has 0 saturated carbocycles. The van der Waals surface area contributed by atoms with Crippen molar-refractivity contribution in [3.8, 4) is 0 Å². The fourth-order valence-corrected chi connectivity index (χ4v) is 3.53. The third kappa shape index (κ3) is 3.83. The molecule has 1 aromatic heterocycles. The number of piperazine rings is 1. The SMILES string of the molecule is Cc1noc(CN2CC3CCCC(C2)N3C(=O)OC(C)(C)C)n1. The second-order valence-corrected chi connectivity index (χ2v) is 7.56. The molecule has 7 nitrogen and oxygen atoms in total. The molecule has 2 fully saturated rings. The van der Waals surface area contributed by atoms with Gasteiger partial charge in [-0.15, -0.1) is 0 Å². The molecule has 0 spiro atoms. The lowest BCUT2D eigenvalue weighted by atomic mass is 9.91. The number of rotatable bonds is 2. The maximum absolute atomic E-state index is 12.5. The lowest BCUT2D eigenvalue weighted by Crippen LogP contribution is -2.62. The topological polar surface area (TPSA) is 71.7 Å². The van der Waals surface area contributed by atoms with Gasteiger partial charge in [-0.25, -0.2) is 4.79 Å². The molecule has 2 atom stereocenters. The van der Waals surface area contributed by atoms with Gasteiger partial charge in [0.25, 0.3) is 0 Å². The summed E-state index contributed by atoms with van der Waals surface area (Å²) in [6.45, 7) is 9.87. The molecule has 1 amide bonds. The van der Waals surface area contributed by atoms with Crippen LogP contribution >= 0.6 is 0 Å². The molecule has 23 heavy (non-hydrogen) atoms. The lowest BCUT2D eigenvalue weighted by molar-refractivity contribution is -0.0404. The summed E-state index contributed by atoms with van der Waals surface area (Å²) in [7, 11) is 0. The minimum atomic E-state index is -0.455. The Kier molecular flexibility index (Phi) is 4.31. The maximum atomic E-state index is 12.5. The van der Waals surface area contributed by atoms with Gasteiger partial charge >= 0.3 is 6.09 Å². The Morgan fingerprint density at radius 3 is 2.48 bits per heavy atom. The number of carbonyl (C=O) groups is 1. The van der Waals surface area contributed by atoms with Gasteiger partial charge in [0.15, 0.2) is 5.82 Å². The van der Waals surface area contributed by atoms with Crippen molar-refractivity contribution >= 4 is 6.09 Å². The molecule has 3 heterocycles. The van der Waals surface area contributed by atoms with Crippen molar-refractivity contribution in [2.45, 2.75) is 71.2 Å². The van der Waals surface area contributed by atoms with Gasteiger partial charge in [-0.2, -0.15) is 4.98 Å². The highest BCUT2D eigenvalue weighted by Gasteiger charge is 2.42. The van der Waals surface area contributed by atoms with E-state index in [2.05, 4.69) is 15.0 Å². The van der Waals surface area contributed by atoms with Crippen LogP contribution in [0.5, 0.6) is 0 Å². The van der Waals surface area contributed by atoms with Gasteiger partial charge in [0.05, 0.1) is 6.54 Å². The van der Waals surface area contributed by atoms with E-state index < -0.39 is 5.60 Å². The molecule has 2 aliphatic heterocycles. The Balaban J connectivity index is 1.67. The van der Waals surface area contributed by atoms with Gasteiger partial charge in [-0.05, 0) is 47.0 Å². The number of fused-ring (bicyclic) bond motifs is 2. The summed E-state index contributed by atoms with van der Waals surface area (Å²) in [5.74, 6) is 1.30. The van der Waals surface area contributed by atoms with Crippen LogP contribution in [-0.2, 0) is 11.3 Å². The first-order chi connectivity index (χ1) is 10.8. The highest BCUT2D eigenvalue weighted by atomic mass is 16.6. The standard InChI is InChI=1S/C16H26N4O3/c1-11-17-14(23-18-11)10-19-8-12-6-5-7-13(9-19)20(12)15(21)22-16(2,3)4/h12-13H,5-10H2,1-4H3. The Labute approximate surface area is 137 Å². The van der Waals surface area contributed by atoms with Gasteiger partial charge in [-0.3, -0.25) is 9.80 Å². The van der Waals surface area contributed by atoms with Crippen LogP contribution in [0.2, 0.25) is 0 Å². The van der Waals surface area contributed by atoms with Crippen LogP contribution < -0.4 is 0 Å². The molecule has 2 unspecified atom stereocenters. The van der Waals surface area contributed by atoms with Crippen LogP contribution in [0.3, 0.4) is 0 Å². The summed E-state index contributed by atoms with van der Waals surface area (Å²) >= 11 is 0. The summed E-state index contributed by atoms with van der Waals surface area (Å²) < 4.78 is 10.8. The van der Waals surface area contributed by atoms with E-state index in [1.807, 2.05) is 32.6 Å². The van der Waals surface area contributed by atoms with Crippen LogP contribution in [0, 0.1) is 6.92 Å². The molecule has 0 N–H and O–H groups in total. The van der Waals surface area contributed by atoms with E-state index >= 15 is 0 Å². The number of nitrogens with zero attached hydrogens (tertiary/aromatic N) is 4.